The van der Waals surface area contributed by atoms with E-state index in [9.17, 15) is 0 Å². The fraction of sp³-hybridized carbons (Fsp3) is 0.727. The topological polar surface area (TPSA) is 9.23 Å². The predicted octanol–water partition coefficient (Wildman–Crippen LogP) is 6.68. The molecular formula is C22H34BClO. The summed E-state index contributed by atoms with van der Waals surface area (Å²) in [5.41, 5.74) is 1.76. The zero-order chi connectivity index (χ0) is 18.2. The Labute approximate surface area is 159 Å². The van der Waals surface area contributed by atoms with Crippen molar-refractivity contribution >= 4 is 17.6 Å². The third-order valence-corrected chi connectivity index (χ3v) is 8.06. The molecule has 1 aromatic carbocycles. The van der Waals surface area contributed by atoms with Crippen molar-refractivity contribution in [1.29, 1.82) is 0 Å². The van der Waals surface area contributed by atoms with Crippen LogP contribution < -0.4 is 0 Å². The number of hydrogen-bond donors (Lipinski definition) is 0. The van der Waals surface area contributed by atoms with E-state index in [0.29, 0.717) is 17.2 Å². The van der Waals surface area contributed by atoms with E-state index in [-0.39, 0.29) is 11.4 Å². The second-order valence-corrected chi connectivity index (χ2v) is 10.5. The Morgan fingerprint density at radius 2 is 1.84 bits per heavy atom. The Morgan fingerprint density at radius 3 is 2.44 bits per heavy atom. The van der Waals surface area contributed by atoms with Crippen molar-refractivity contribution < 1.29 is 4.74 Å². The van der Waals surface area contributed by atoms with Gasteiger partial charge < -0.3 is 4.74 Å². The van der Waals surface area contributed by atoms with Crippen molar-refractivity contribution in [2.75, 3.05) is 6.61 Å². The first-order chi connectivity index (χ1) is 11.7. The molecule has 0 aliphatic heterocycles. The van der Waals surface area contributed by atoms with Gasteiger partial charge in [-0.15, -0.1) is 0 Å². The van der Waals surface area contributed by atoms with Crippen molar-refractivity contribution in [3.8, 4) is 0 Å². The van der Waals surface area contributed by atoms with E-state index in [1.807, 2.05) is 0 Å². The molecule has 138 valence electrons. The van der Waals surface area contributed by atoms with Crippen molar-refractivity contribution in [3.05, 3.63) is 35.9 Å². The third-order valence-electron chi connectivity index (χ3n) is 7.08. The molecule has 3 fully saturated rings. The molecule has 1 nitrogen and oxygen atoms in total. The van der Waals surface area contributed by atoms with Crippen LogP contribution in [0, 0.1) is 23.2 Å². The Kier molecular flexibility index (Phi) is 5.62. The van der Waals surface area contributed by atoms with Gasteiger partial charge in [-0.05, 0) is 52.7 Å². The van der Waals surface area contributed by atoms with Crippen LogP contribution in [-0.2, 0) is 11.3 Å². The van der Waals surface area contributed by atoms with E-state index in [1.54, 1.807) is 0 Å². The smallest absolute Gasteiger partial charge is 0.259 e. The Bertz CT molecular complexity index is 565. The number of rotatable bonds is 6. The van der Waals surface area contributed by atoms with Gasteiger partial charge in [-0.25, -0.2) is 0 Å². The molecule has 3 aliphatic rings. The van der Waals surface area contributed by atoms with E-state index in [4.69, 9.17) is 16.2 Å². The summed E-state index contributed by atoms with van der Waals surface area (Å²) in [4.78, 5) is 0. The lowest BCUT2D eigenvalue weighted by Crippen LogP contribution is -2.56. The first kappa shape index (κ1) is 19.3. The second-order valence-electron chi connectivity index (χ2n) is 10.0. The van der Waals surface area contributed by atoms with E-state index < -0.39 is 0 Å². The summed E-state index contributed by atoms with van der Waals surface area (Å²) in [6.45, 7) is 13.4. The average Bonchev–Trinajstić information content (AvgIpc) is 2.57. The lowest BCUT2D eigenvalue weighted by atomic mass is 9.32. The minimum atomic E-state index is 0.170. The van der Waals surface area contributed by atoms with Gasteiger partial charge in [0.1, 0.15) is 0 Å². The fourth-order valence-corrected chi connectivity index (χ4v) is 5.65. The zero-order valence-electron chi connectivity index (χ0n) is 16.6. The number of ether oxygens (including phenoxy) is 1. The van der Waals surface area contributed by atoms with Crippen LogP contribution in [0.2, 0.25) is 11.1 Å². The molecule has 0 heterocycles. The predicted molar refractivity (Wildman–Crippen MR) is 109 cm³/mol. The van der Waals surface area contributed by atoms with Crippen molar-refractivity contribution in [2.45, 2.75) is 71.6 Å². The summed E-state index contributed by atoms with van der Waals surface area (Å²) >= 11 is 6.98. The molecule has 0 amide bonds. The molecule has 25 heavy (non-hydrogen) atoms. The number of benzene rings is 1. The minimum Gasteiger partial charge on any atom is -0.377 e. The van der Waals surface area contributed by atoms with Crippen LogP contribution in [0.15, 0.2) is 30.3 Å². The van der Waals surface area contributed by atoms with Gasteiger partial charge in [0.25, 0.3) is 6.13 Å². The maximum atomic E-state index is 6.98. The molecule has 0 radical (unpaired) electrons. The molecular weight excluding hydrogens is 327 g/mol. The van der Waals surface area contributed by atoms with Gasteiger partial charge in [0, 0.05) is 6.61 Å². The van der Waals surface area contributed by atoms with Gasteiger partial charge in [-0.1, -0.05) is 71.4 Å². The molecule has 0 saturated heterocycles. The SMILES string of the molecule is CC(C)(C)B(Cl)[C@@H]1C[C@@H]2C[C@H]([C@H]1CCOCc1ccccc1)C2(C)C. The molecule has 0 spiro atoms. The molecule has 4 atom stereocenters. The van der Waals surface area contributed by atoms with E-state index >= 15 is 0 Å². The normalized spacial score (nSPS) is 30.6. The standard InChI is InChI=1S/C22H34BClO/c1-21(2,3)23(24)20-14-17-13-19(22(17,4)5)18(20)11-12-25-15-16-9-7-6-8-10-16/h6-10,17-20H,11-15H2,1-5H3/t17-,18+,19+,20+/m0/s1. The van der Waals surface area contributed by atoms with Gasteiger partial charge in [-0.2, -0.15) is 11.5 Å². The minimum absolute atomic E-state index is 0.170. The second kappa shape index (κ2) is 7.27. The first-order valence-electron chi connectivity index (χ1n) is 9.97. The largest absolute Gasteiger partial charge is 0.377 e. The van der Waals surface area contributed by atoms with E-state index in [0.717, 1.165) is 31.5 Å². The Morgan fingerprint density at radius 1 is 1.16 bits per heavy atom. The summed E-state index contributed by atoms with van der Waals surface area (Å²) in [6.07, 6.45) is 4.12. The number of hydrogen-bond acceptors (Lipinski definition) is 1. The molecule has 0 unspecified atom stereocenters. The third kappa shape index (κ3) is 3.95. The summed E-state index contributed by atoms with van der Waals surface area (Å²) < 4.78 is 6.03. The molecule has 4 rings (SSSR count). The van der Waals surface area contributed by atoms with Crippen LogP contribution in [-0.4, -0.2) is 12.7 Å². The maximum absolute atomic E-state index is 6.98. The lowest BCUT2D eigenvalue weighted by molar-refractivity contribution is -0.111. The van der Waals surface area contributed by atoms with Crippen LogP contribution in [0.3, 0.4) is 0 Å². The highest BCUT2D eigenvalue weighted by molar-refractivity contribution is 7.09. The molecule has 0 aromatic heterocycles. The Balaban J connectivity index is 1.60. The number of halogens is 1. The van der Waals surface area contributed by atoms with Gasteiger partial charge >= 0.3 is 0 Å². The average molecular weight is 361 g/mol. The monoisotopic (exact) mass is 360 g/mol. The fourth-order valence-electron chi connectivity index (χ4n) is 5.36. The van der Waals surface area contributed by atoms with E-state index in [2.05, 4.69) is 65.0 Å². The number of fused-ring (bicyclic) bond motifs is 2. The zero-order valence-corrected chi connectivity index (χ0v) is 17.4. The summed E-state index contributed by atoms with van der Waals surface area (Å²) in [7, 11) is 0. The van der Waals surface area contributed by atoms with Crippen LogP contribution in [0.5, 0.6) is 0 Å². The maximum Gasteiger partial charge on any atom is 0.259 e. The molecule has 3 aliphatic carbocycles. The van der Waals surface area contributed by atoms with Crippen LogP contribution in [0.4, 0.5) is 0 Å². The quantitative estimate of drug-likeness (QED) is 0.406. The molecule has 3 heteroatoms. The Hall–Kier alpha value is -0.465. The highest BCUT2D eigenvalue weighted by Crippen LogP contribution is 2.67. The highest BCUT2D eigenvalue weighted by Gasteiger charge is 2.59. The molecule has 0 N–H and O–H groups in total. The van der Waals surface area contributed by atoms with Crippen molar-refractivity contribution in [1.82, 2.24) is 0 Å². The van der Waals surface area contributed by atoms with Crippen molar-refractivity contribution in [3.63, 3.8) is 0 Å². The van der Waals surface area contributed by atoms with Gasteiger partial charge in [0.05, 0.1) is 6.61 Å². The van der Waals surface area contributed by atoms with Gasteiger partial charge in [0.2, 0.25) is 0 Å². The molecule has 2 bridgehead atoms. The lowest BCUT2D eigenvalue weighted by Gasteiger charge is -2.64. The van der Waals surface area contributed by atoms with Crippen LogP contribution >= 0.6 is 11.5 Å². The van der Waals surface area contributed by atoms with Gasteiger partial charge in [-0.3, -0.25) is 0 Å². The highest BCUT2D eigenvalue weighted by atomic mass is 35.5. The summed E-state index contributed by atoms with van der Waals surface area (Å²) in [6, 6.07) is 10.5. The molecule has 1 aromatic rings. The summed E-state index contributed by atoms with van der Waals surface area (Å²) in [5.74, 6) is 3.03. The van der Waals surface area contributed by atoms with Crippen LogP contribution in [0.25, 0.3) is 0 Å². The van der Waals surface area contributed by atoms with Crippen molar-refractivity contribution in [2.24, 2.45) is 23.2 Å². The van der Waals surface area contributed by atoms with Gasteiger partial charge in [0.15, 0.2) is 0 Å². The molecule has 3 saturated carbocycles. The first-order valence-corrected chi connectivity index (χ1v) is 10.4. The van der Waals surface area contributed by atoms with E-state index in [1.165, 1.54) is 18.4 Å². The summed E-state index contributed by atoms with van der Waals surface area (Å²) in [5, 5.41) is 0.170. The van der Waals surface area contributed by atoms with Crippen LogP contribution in [0.1, 0.15) is 59.4 Å².